The van der Waals surface area contributed by atoms with E-state index in [1.807, 2.05) is 6.07 Å². The lowest BCUT2D eigenvalue weighted by atomic mass is 10.1. The van der Waals surface area contributed by atoms with Gasteiger partial charge in [0.05, 0.1) is 35.1 Å². The molecule has 8 heteroatoms. The second-order valence-corrected chi connectivity index (χ2v) is 7.57. The molecule has 0 unspecified atom stereocenters. The van der Waals surface area contributed by atoms with Crippen molar-refractivity contribution in [3.8, 4) is 5.69 Å². The van der Waals surface area contributed by atoms with Crippen LogP contribution in [0.25, 0.3) is 16.6 Å². The molecule has 0 saturated carbocycles. The van der Waals surface area contributed by atoms with Crippen molar-refractivity contribution in [2.24, 2.45) is 0 Å². The molecule has 1 fully saturated rings. The minimum atomic E-state index is -0.462. The number of nitrogens with zero attached hydrogens (tertiary/aromatic N) is 3. The third-order valence-electron chi connectivity index (χ3n) is 4.37. The Morgan fingerprint density at radius 3 is 2.81 bits per heavy atom. The standard InChI is InChI=1S/C19H16ClN3O3S/c1-26-18(25)12-5-6-15-16(9-12)21-19(22-7-8-27-11-22)23(17(15)24)14-4-2-3-13(20)10-14/h2-6,9-10H,7-8,11H2,1H3. The quantitative estimate of drug-likeness (QED) is 0.627. The number of fused-ring (bicyclic) bond motifs is 1. The summed E-state index contributed by atoms with van der Waals surface area (Å²) in [5.41, 5.74) is 1.28. The Hall–Kier alpha value is -2.51. The van der Waals surface area contributed by atoms with Crippen molar-refractivity contribution in [2.75, 3.05) is 30.2 Å². The molecule has 0 radical (unpaired) electrons. The van der Waals surface area contributed by atoms with Crippen molar-refractivity contribution in [2.45, 2.75) is 0 Å². The SMILES string of the molecule is COC(=O)c1ccc2c(=O)n(-c3cccc(Cl)c3)c(N3CCSC3)nc2c1. The average molecular weight is 402 g/mol. The predicted molar refractivity (Wildman–Crippen MR) is 108 cm³/mol. The Morgan fingerprint density at radius 2 is 2.11 bits per heavy atom. The van der Waals surface area contributed by atoms with Crippen molar-refractivity contribution >= 4 is 46.2 Å². The molecule has 0 spiro atoms. The molecule has 0 amide bonds. The number of carbonyl (C=O) groups excluding carboxylic acids is 1. The molecule has 2 aromatic carbocycles. The number of rotatable bonds is 3. The molecule has 1 aromatic heterocycles. The number of thioether (sulfide) groups is 1. The third kappa shape index (κ3) is 3.28. The monoisotopic (exact) mass is 401 g/mol. The first-order valence-corrected chi connectivity index (χ1v) is 9.85. The van der Waals surface area contributed by atoms with Gasteiger partial charge < -0.3 is 9.64 Å². The van der Waals surface area contributed by atoms with Crippen LogP contribution in [0.1, 0.15) is 10.4 Å². The topological polar surface area (TPSA) is 64.4 Å². The molecule has 3 aromatic rings. The lowest BCUT2D eigenvalue weighted by molar-refractivity contribution is 0.0601. The maximum Gasteiger partial charge on any atom is 0.337 e. The van der Waals surface area contributed by atoms with Gasteiger partial charge in [-0.1, -0.05) is 17.7 Å². The van der Waals surface area contributed by atoms with E-state index in [0.717, 1.165) is 18.2 Å². The summed E-state index contributed by atoms with van der Waals surface area (Å²) in [5.74, 6) is 1.79. The summed E-state index contributed by atoms with van der Waals surface area (Å²) in [5, 5.41) is 0.973. The fourth-order valence-electron chi connectivity index (χ4n) is 3.05. The average Bonchev–Trinajstić information content (AvgIpc) is 3.21. The molecule has 27 heavy (non-hydrogen) atoms. The molecule has 2 heterocycles. The van der Waals surface area contributed by atoms with E-state index < -0.39 is 5.97 Å². The van der Waals surface area contributed by atoms with E-state index in [0.29, 0.717) is 33.1 Å². The van der Waals surface area contributed by atoms with Crippen molar-refractivity contribution in [1.82, 2.24) is 9.55 Å². The Labute approximate surface area is 164 Å². The van der Waals surface area contributed by atoms with Gasteiger partial charge in [0.25, 0.3) is 5.56 Å². The van der Waals surface area contributed by atoms with Gasteiger partial charge in [0.2, 0.25) is 5.95 Å². The zero-order valence-corrected chi connectivity index (χ0v) is 16.1. The van der Waals surface area contributed by atoms with Gasteiger partial charge in [0, 0.05) is 17.3 Å². The molecule has 0 aliphatic carbocycles. The molecule has 138 valence electrons. The van der Waals surface area contributed by atoms with Crippen molar-refractivity contribution in [1.29, 1.82) is 0 Å². The van der Waals surface area contributed by atoms with E-state index in [4.69, 9.17) is 21.3 Å². The molecule has 1 aliphatic heterocycles. The number of carbonyl (C=O) groups is 1. The number of benzene rings is 2. The highest BCUT2D eigenvalue weighted by Crippen LogP contribution is 2.26. The van der Waals surface area contributed by atoms with Crippen LogP contribution in [0.3, 0.4) is 0 Å². The van der Waals surface area contributed by atoms with Crippen LogP contribution in [0.4, 0.5) is 5.95 Å². The van der Waals surface area contributed by atoms with Crippen LogP contribution in [-0.2, 0) is 4.74 Å². The highest BCUT2D eigenvalue weighted by molar-refractivity contribution is 7.99. The molecule has 6 nitrogen and oxygen atoms in total. The zero-order chi connectivity index (χ0) is 19.0. The number of ether oxygens (including phenoxy) is 1. The van der Waals surface area contributed by atoms with E-state index in [2.05, 4.69) is 4.90 Å². The van der Waals surface area contributed by atoms with Crippen LogP contribution in [0, 0.1) is 0 Å². The number of halogens is 1. The smallest absolute Gasteiger partial charge is 0.337 e. The third-order valence-corrected chi connectivity index (χ3v) is 5.58. The van der Waals surface area contributed by atoms with Crippen LogP contribution < -0.4 is 10.5 Å². The lowest BCUT2D eigenvalue weighted by Gasteiger charge is -2.21. The van der Waals surface area contributed by atoms with Gasteiger partial charge in [-0.05, 0) is 36.4 Å². The Balaban J connectivity index is 2.00. The van der Waals surface area contributed by atoms with Crippen LogP contribution >= 0.6 is 23.4 Å². The number of anilines is 1. The Bertz CT molecular complexity index is 1090. The summed E-state index contributed by atoms with van der Waals surface area (Å²) < 4.78 is 6.35. The van der Waals surface area contributed by atoms with Crippen LogP contribution in [0.15, 0.2) is 47.3 Å². The maximum absolute atomic E-state index is 13.3. The zero-order valence-electron chi connectivity index (χ0n) is 14.5. The van der Waals surface area contributed by atoms with E-state index in [1.54, 1.807) is 52.7 Å². The van der Waals surface area contributed by atoms with Crippen molar-refractivity contribution < 1.29 is 9.53 Å². The van der Waals surface area contributed by atoms with Crippen LogP contribution in [0.2, 0.25) is 5.02 Å². The fourth-order valence-corrected chi connectivity index (χ4v) is 4.18. The second-order valence-electron chi connectivity index (χ2n) is 6.06. The minimum absolute atomic E-state index is 0.203. The summed E-state index contributed by atoms with van der Waals surface area (Å²) in [6.45, 7) is 0.792. The predicted octanol–water partition coefficient (Wildman–Crippen LogP) is 3.34. The Kier molecular flexibility index (Phi) is 4.80. The summed E-state index contributed by atoms with van der Waals surface area (Å²) in [7, 11) is 1.32. The largest absolute Gasteiger partial charge is 0.465 e. The molecule has 0 bridgehead atoms. The van der Waals surface area contributed by atoms with E-state index in [-0.39, 0.29) is 5.56 Å². The van der Waals surface area contributed by atoms with E-state index in [1.165, 1.54) is 7.11 Å². The van der Waals surface area contributed by atoms with Gasteiger partial charge in [-0.25, -0.2) is 14.3 Å². The molecule has 4 rings (SSSR count). The summed E-state index contributed by atoms with van der Waals surface area (Å²) in [4.78, 5) is 31.9. The van der Waals surface area contributed by atoms with Gasteiger partial charge in [0.15, 0.2) is 0 Å². The first-order valence-electron chi connectivity index (χ1n) is 8.32. The van der Waals surface area contributed by atoms with Gasteiger partial charge in [0.1, 0.15) is 0 Å². The van der Waals surface area contributed by atoms with Crippen molar-refractivity contribution in [3.63, 3.8) is 0 Å². The normalized spacial score (nSPS) is 13.9. The molecule has 1 saturated heterocycles. The van der Waals surface area contributed by atoms with Crippen molar-refractivity contribution in [3.05, 3.63) is 63.4 Å². The first kappa shape index (κ1) is 17.9. The number of methoxy groups -OCH3 is 1. The number of hydrogen-bond acceptors (Lipinski definition) is 6. The molecule has 0 N–H and O–H groups in total. The fraction of sp³-hybridized carbons (Fsp3) is 0.211. The number of aromatic nitrogens is 2. The van der Waals surface area contributed by atoms with Gasteiger partial charge >= 0.3 is 5.97 Å². The summed E-state index contributed by atoms with van der Waals surface area (Å²) >= 11 is 7.92. The highest BCUT2D eigenvalue weighted by atomic mass is 35.5. The molecular weight excluding hydrogens is 386 g/mol. The number of esters is 1. The van der Waals surface area contributed by atoms with Gasteiger partial charge in [-0.15, -0.1) is 11.8 Å². The second kappa shape index (κ2) is 7.25. The highest BCUT2D eigenvalue weighted by Gasteiger charge is 2.22. The van der Waals surface area contributed by atoms with E-state index >= 15 is 0 Å². The first-order chi connectivity index (χ1) is 13.1. The summed E-state index contributed by atoms with van der Waals surface area (Å²) in [6.07, 6.45) is 0. The Morgan fingerprint density at radius 1 is 1.26 bits per heavy atom. The van der Waals surface area contributed by atoms with Gasteiger partial charge in [-0.3, -0.25) is 4.79 Å². The van der Waals surface area contributed by atoms with Gasteiger partial charge in [-0.2, -0.15) is 0 Å². The lowest BCUT2D eigenvalue weighted by Crippen LogP contribution is -2.30. The molecule has 0 atom stereocenters. The number of hydrogen-bond donors (Lipinski definition) is 0. The van der Waals surface area contributed by atoms with E-state index in [9.17, 15) is 9.59 Å². The maximum atomic E-state index is 13.3. The molecular formula is C19H16ClN3O3S. The van der Waals surface area contributed by atoms with Crippen LogP contribution in [0.5, 0.6) is 0 Å². The summed E-state index contributed by atoms with van der Waals surface area (Å²) in [6, 6.07) is 11.9. The van der Waals surface area contributed by atoms with Crippen LogP contribution in [-0.4, -0.2) is 40.8 Å². The molecule has 1 aliphatic rings. The minimum Gasteiger partial charge on any atom is -0.465 e.